The minimum Gasteiger partial charge on any atom is -0.324 e. The second kappa shape index (κ2) is 7.86. The van der Waals surface area contributed by atoms with E-state index in [4.69, 9.17) is 23.2 Å². The summed E-state index contributed by atoms with van der Waals surface area (Å²) >= 11 is 13.3. The van der Waals surface area contributed by atoms with E-state index in [-0.39, 0.29) is 17.5 Å². The molecule has 1 aliphatic rings. The van der Waals surface area contributed by atoms with Gasteiger partial charge < -0.3 is 5.32 Å². The molecule has 1 unspecified atom stereocenters. The van der Waals surface area contributed by atoms with Crippen molar-refractivity contribution < 1.29 is 13.2 Å². The zero-order valence-electron chi connectivity index (χ0n) is 14.0. The Morgan fingerprint density at radius 3 is 2.73 bits per heavy atom. The molecule has 1 aromatic heterocycles. The average molecular weight is 433 g/mol. The molecule has 0 bridgehead atoms. The molecule has 1 aliphatic heterocycles. The Kier molecular flexibility index (Phi) is 5.94. The van der Waals surface area contributed by atoms with Crippen LogP contribution in [0.2, 0.25) is 10.0 Å². The van der Waals surface area contributed by atoms with Gasteiger partial charge in [-0.15, -0.1) is 11.3 Å². The molecule has 0 aliphatic carbocycles. The molecular weight excluding hydrogens is 415 g/mol. The highest BCUT2D eigenvalue weighted by molar-refractivity contribution is 7.91. The van der Waals surface area contributed by atoms with Crippen molar-refractivity contribution in [3.63, 3.8) is 0 Å². The van der Waals surface area contributed by atoms with Crippen LogP contribution in [0.3, 0.4) is 0 Å². The van der Waals surface area contributed by atoms with Gasteiger partial charge in [0.1, 0.15) is 4.21 Å². The van der Waals surface area contributed by atoms with Crippen LogP contribution < -0.4 is 5.32 Å². The van der Waals surface area contributed by atoms with Crippen LogP contribution in [-0.4, -0.2) is 31.7 Å². The van der Waals surface area contributed by atoms with Crippen LogP contribution in [-0.2, 0) is 14.8 Å². The number of carbonyl (C=O) groups excluding carboxylic acids is 1. The Balaban J connectivity index is 1.74. The molecule has 1 atom stereocenters. The highest BCUT2D eigenvalue weighted by Crippen LogP contribution is 2.31. The van der Waals surface area contributed by atoms with Crippen LogP contribution >= 0.6 is 34.5 Å². The molecule has 0 spiro atoms. The second-order valence-electron chi connectivity index (χ2n) is 6.16. The van der Waals surface area contributed by atoms with Gasteiger partial charge in [-0.05, 0) is 44.0 Å². The number of aryl methyl sites for hydroxylation is 1. The van der Waals surface area contributed by atoms with Crippen molar-refractivity contribution in [3.8, 4) is 0 Å². The van der Waals surface area contributed by atoms with Crippen molar-refractivity contribution in [2.75, 3.05) is 18.4 Å². The number of nitrogens with zero attached hydrogens (tertiary/aromatic N) is 1. The minimum absolute atomic E-state index is 0.156. The highest BCUT2D eigenvalue weighted by Gasteiger charge is 2.34. The van der Waals surface area contributed by atoms with Crippen LogP contribution in [0, 0.1) is 12.8 Å². The van der Waals surface area contributed by atoms with Crippen molar-refractivity contribution in [1.82, 2.24) is 4.31 Å². The fraction of sp³-hybridized carbons (Fsp3) is 0.353. The molecule has 9 heteroatoms. The van der Waals surface area contributed by atoms with Crippen molar-refractivity contribution in [3.05, 3.63) is 45.3 Å². The number of rotatable bonds is 4. The van der Waals surface area contributed by atoms with Crippen molar-refractivity contribution >= 4 is 56.2 Å². The van der Waals surface area contributed by atoms with Crippen LogP contribution in [0.15, 0.2) is 34.5 Å². The fourth-order valence-corrected chi connectivity index (χ4v) is 6.20. The first-order valence-corrected chi connectivity index (χ1v) is 11.1. The predicted molar refractivity (Wildman–Crippen MR) is 106 cm³/mol. The predicted octanol–water partition coefficient (Wildman–Crippen LogP) is 4.40. The number of anilines is 1. The van der Waals surface area contributed by atoms with E-state index in [0.29, 0.717) is 34.3 Å². The number of hydrogen-bond donors (Lipinski definition) is 1. The summed E-state index contributed by atoms with van der Waals surface area (Å²) in [5, 5.41) is 3.39. The summed E-state index contributed by atoms with van der Waals surface area (Å²) in [7, 11) is -3.57. The van der Waals surface area contributed by atoms with Crippen molar-refractivity contribution in [1.29, 1.82) is 0 Å². The van der Waals surface area contributed by atoms with Crippen LogP contribution in [0.25, 0.3) is 0 Å². The lowest BCUT2D eigenvalue weighted by atomic mass is 9.99. The van der Waals surface area contributed by atoms with Gasteiger partial charge in [-0.3, -0.25) is 4.79 Å². The first-order chi connectivity index (χ1) is 12.3. The standard InChI is InChI=1S/C17H18Cl2N2O3S2/c1-11-7-8-15(25-11)26(23,24)21-9-3-4-12(10-21)17(22)20-14-6-2-5-13(18)16(14)19/h2,5-8,12H,3-4,9-10H2,1H3,(H,20,22). The van der Waals surface area contributed by atoms with E-state index < -0.39 is 15.9 Å². The molecule has 1 amide bonds. The number of sulfonamides is 1. The van der Waals surface area contributed by atoms with E-state index >= 15 is 0 Å². The largest absolute Gasteiger partial charge is 0.324 e. The number of amides is 1. The SMILES string of the molecule is Cc1ccc(S(=O)(=O)N2CCCC(C(=O)Nc3cccc(Cl)c3Cl)C2)s1. The van der Waals surface area contributed by atoms with E-state index in [1.807, 2.05) is 6.92 Å². The van der Waals surface area contributed by atoms with Gasteiger partial charge in [0.25, 0.3) is 10.0 Å². The molecule has 0 radical (unpaired) electrons. The molecule has 2 heterocycles. The number of carbonyl (C=O) groups is 1. The van der Waals surface area contributed by atoms with E-state index in [1.165, 1.54) is 15.6 Å². The summed E-state index contributed by atoms with van der Waals surface area (Å²) < 4.78 is 27.3. The Bertz CT molecular complexity index is 928. The van der Waals surface area contributed by atoms with Gasteiger partial charge in [-0.2, -0.15) is 4.31 Å². The Labute approximate surface area is 167 Å². The van der Waals surface area contributed by atoms with Gasteiger partial charge in [0.2, 0.25) is 5.91 Å². The van der Waals surface area contributed by atoms with Gasteiger partial charge >= 0.3 is 0 Å². The summed E-state index contributed by atoms with van der Waals surface area (Å²) in [6.07, 6.45) is 1.25. The smallest absolute Gasteiger partial charge is 0.252 e. The maximum Gasteiger partial charge on any atom is 0.252 e. The summed E-state index contributed by atoms with van der Waals surface area (Å²) in [6, 6.07) is 8.40. The number of piperidine rings is 1. The zero-order valence-corrected chi connectivity index (χ0v) is 17.2. The molecule has 26 heavy (non-hydrogen) atoms. The third kappa shape index (κ3) is 4.07. The summed E-state index contributed by atoms with van der Waals surface area (Å²) in [4.78, 5) is 13.5. The van der Waals surface area contributed by atoms with Crippen molar-refractivity contribution in [2.45, 2.75) is 24.0 Å². The monoisotopic (exact) mass is 432 g/mol. The molecule has 1 saturated heterocycles. The maximum absolute atomic E-state index is 12.8. The fourth-order valence-electron chi connectivity index (χ4n) is 2.89. The van der Waals surface area contributed by atoms with E-state index in [1.54, 1.807) is 30.3 Å². The first-order valence-electron chi connectivity index (χ1n) is 8.10. The third-order valence-corrected chi connectivity index (χ3v) is 8.43. The highest BCUT2D eigenvalue weighted by atomic mass is 35.5. The zero-order chi connectivity index (χ0) is 18.9. The molecule has 1 N–H and O–H groups in total. The van der Waals surface area contributed by atoms with Gasteiger partial charge in [0.15, 0.2) is 0 Å². The maximum atomic E-state index is 12.8. The number of hydrogen-bond acceptors (Lipinski definition) is 4. The molecule has 140 valence electrons. The lowest BCUT2D eigenvalue weighted by Gasteiger charge is -2.30. The molecule has 1 fully saturated rings. The van der Waals surface area contributed by atoms with Gasteiger partial charge in [-0.25, -0.2) is 8.42 Å². The average Bonchev–Trinajstić information content (AvgIpc) is 3.06. The molecular formula is C17H18Cl2N2O3S2. The number of thiophene rings is 1. The normalized spacial score (nSPS) is 18.7. The van der Waals surface area contributed by atoms with E-state index in [0.717, 1.165) is 4.88 Å². The van der Waals surface area contributed by atoms with E-state index in [9.17, 15) is 13.2 Å². The summed E-state index contributed by atoms with van der Waals surface area (Å²) in [5.41, 5.74) is 0.429. The molecule has 3 rings (SSSR count). The second-order valence-corrected chi connectivity index (χ2v) is 10.4. The summed E-state index contributed by atoms with van der Waals surface area (Å²) in [5.74, 6) is -0.689. The topological polar surface area (TPSA) is 66.5 Å². The lowest BCUT2D eigenvalue weighted by Crippen LogP contribution is -2.43. The minimum atomic E-state index is -3.57. The van der Waals surface area contributed by atoms with E-state index in [2.05, 4.69) is 5.32 Å². The quantitative estimate of drug-likeness (QED) is 0.777. The lowest BCUT2D eigenvalue weighted by molar-refractivity contribution is -0.120. The molecule has 2 aromatic rings. The Morgan fingerprint density at radius 1 is 1.27 bits per heavy atom. The Hall–Kier alpha value is -1.12. The first kappa shape index (κ1) is 19.6. The third-order valence-electron chi connectivity index (χ3n) is 4.27. The van der Waals surface area contributed by atoms with Crippen LogP contribution in [0.5, 0.6) is 0 Å². The Morgan fingerprint density at radius 2 is 2.04 bits per heavy atom. The summed E-state index contributed by atoms with van der Waals surface area (Å²) in [6.45, 7) is 2.44. The van der Waals surface area contributed by atoms with Crippen LogP contribution in [0.1, 0.15) is 17.7 Å². The molecule has 0 saturated carbocycles. The van der Waals surface area contributed by atoms with Gasteiger partial charge in [0.05, 0.1) is 21.7 Å². The van der Waals surface area contributed by atoms with Gasteiger partial charge in [0, 0.05) is 18.0 Å². The number of nitrogens with one attached hydrogen (secondary N) is 1. The van der Waals surface area contributed by atoms with Crippen molar-refractivity contribution in [2.24, 2.45) is 5.92 Å². The molecule has 1 aromatic carbocycles. The molecule has 5 nitrogen and oxygen atoms in total. The number of halogens is 2. The van der Waals surface area contributed by atoms with Crippen LogP contribution in [0.4, 0.5) is 5.69 Å². The number of benzene rings is 1. The van der Waals surface area contributed by atoms with Gasteiger partial charge in [-0.1, -0.05) is 29.3 Å².